The van der Waals surface area contributed by atoms with Gasteiger partial charge in [0.2, 0.25) is 0 Å². The monoisotopic (exact) mass is 401 g/mol. The average Bonchev–Trinajstić information content (AvgIpc) is 3.18. The third-order valence-corrected chi connectivity index (χ3v) is 3.95. The molecule has 6 nitrogen and oxygen atoms in total. The Morgan fingerprint density at radius 1 is 1.45 bits per heavy atom. The molecule has 3 rings (SSSR count). The van der Waals surface area contributed by atoms with Crippen molar-refractivity contribution in [1.29, 1.82) is 0 Å². The van der Waals surface area contributed by atoms with Crippen LogP contribution in [0.4, 0.5) is 0 Å². The van der Waals surface area contributed by atoms with Gasteiger partial charge in [-0.3, -0.25) is 20.0 Å². The van der Waals surface area contributed by atoms with E-state index in [2.05, 4.69) is 43.7 Å². The number of imidazole rings is 1. The third-order valence-electron chi connectivity index (χ3n) is 2.93. The Labute approximate surface area is 134 Å². The van der Waals surface area contributed by atoms with Crippen molar-refractivity contribution in [3.63, 3.8) is 0 Å². The van der Waals surface area contributed by atoms with Crippen LogP contribution in [0.2, 0.25) is 0 Å². The Morgan fingerprint density at radius 2 is 2.25 bits per heavy atom. The van der Waals surface area contributed by atoms with Gasteiger partial charge in [0.05, 0.1) is 6.20 Å². The highest BCUT2D eigenvalue weighted by Gasteiger charge is 2.21. The second kappa shape index (κ2) is 5.52. The van der Waals surface area contributed by atoms with Crippen LogP contribution >= 0.6 is 34.8 Å². The summed E-state index contributed by atoms with van der Waals surface area (Å²) in [6.07, 6.45) is 5.83. The van der Waals surface area contributed by atoms with Crippen LogP contribution in [0.25, 0.3) is 5.65 Å². The zero-order valence-electron chi connectivity index (χ0n) is 10.4. The van der Waals surface area contributed by atoms with Gasteiger partial charge < -0.3 is 5.32 Å². The number of aromatic nitrogens is 2. The topological polar surface area (TPSA) is 70.5 Å². The second-order valence-corrected chi connectivity index (χ2v) is 6.06. The van der Waals surface area contributed by atoms with Gasteiger partial charge in [0, 0.05) is 17.8 Å². The molecule has 8 heteroatoms. The highest BCUT2D eigenvalue weighted by Crippen LogP contribution is 2.18. The van der Waals surface area contributed by atoms with E-state index in [0.717, 1.165) is 22.2 Å². The maximum atomic E-state index is 12.0. The van der Waals surface area contributed by atoms with E-state index in [-0.39, 0.29) is 5.91 Å². The first-order chi connectivity index (χ1) is 9.63. The SMILES string of the molecule is O=C(NNC(=S)NC1CC1)c1ccn2c(I)cnc2c1. The molecule has 1 aliphatic carbocycles. The van der Waals surface area contributed by atoms with Gasteiger partial charge in [0.25, 0.3) is 5.91 Å². The summed E-state index contributed by atoms with van der Waals surface area (Å²) in [6, 6.07) is 3.93. The van der Waals surface area contributed by atoms with E-state index in [4.69, 9.17) is 12.2 Å². The highest BCUT2D eigenvalue weighted by atomic mass is 127. The Kier molecular flexibility index (Phi) is 3.74. The van der Waals surface area contributed by atoms with Crippen LogP contribution in [0.3, 0.4) is 0 Å². The number of halogens is 1. The molecule has 1 saturated carbocycles. The van der Waals surface area contributed by atoms with E-state index < -0.39 is 0 Å². The predicted octanol–water partition coefficient (Wildman–Crippen LogP) is 1.21. The van der Waals surface area contributed by atoms with Crippen LogP contribution in [0, 0.1) is 3.70 Å². The van der Waals surface area contributed by atoms with Gasteiger partial charge in [-0.25, -0.2) is 4.98 Å². The molecule has 3 N–H and O–H groups in total. The number of fused-ring (bicyclic) bond motifs is 1. The van der Waals surface area contributed by atoms with Gasteiger partial charge in [-0.1, -0.05) is 0 Å². The molecule has 0 atom stereocenters. The summed E-state index contributed by atoms with van der Waals surface area (Å²) in [4.78, 5) is 16.2. The van der Waals surface area contributed by atoms with Crippen LogP contribution in [0.15, 0.2) is 24.5 Å². The summed E-state index contributed by atoms with van der Waals surface area (Å²) in [6.45, 7) is 0. The zero-order chi connectivity index (χ0) is 14.1. The Bertz CT molecular complexity index is 682. The van der Waals surface area contributed by atoms with Crippen LogP contribution in [-0.4, -0.2) is 26.4 Å². The number of pyridine rings is 1. The zero-order valence-corrected chi connectivity index (χ0v) is 13.4. The van der Waals surface area contributed by atoms with Crippen molar-refractivity contribution in [3.8, 4) is 0 Å². The largest absolute Gasteiger partial charge is 0.359 e. The van der Waals surface area contributed by atoms with E-state index in [0.29, 0.717) is 16.7 Å². The predicted molar refractivity (Wildman–Crippen MR) is 87.3 cm³/mol. The third kappa shape index (κ3) is 3.01. The first kappa shape index (κ1) is 13.6. The summed E-state index contributed by atoms with van der Waals surface area (Å²) in [7, 11) is 0. The van der Waals surface area contributed by atoms with Gasteiger partial charge in [-0.2, -0.15) is 0 Å². The maximum absolute atomic E-state index is 12.0. The molecule has 0 spiro atoms. The van der Waals surface area contributed by atoms with Crippen LogP contribution in [-0.2, 0) is 0 Å². The number of thiocarbonyl (C=S) groups is 1. The number of hydrazine groups is 1. The summed E-state index contributed by atoms with van der Waals surface area (Å²) in [5.41, 5.74) is 6.54. The summed E-state index contributed by atoms with van der Waals surface area (Å²) >= 11 is 7.25. The molecule has 20 heavy (non-hydrogen) atoms. The normalized spacial score (nSPS) is 14.1. The van der Waals surface area contributed by atoms with Crippen molar-refractivity contribution < 1.29 is 4.79 Å². The maximum Gasteiger partial charge on any atom is 0.269 e. The molecule has 1 aliphatic rings. The molecule has 0 unspecified atom stereocenters. The fourth-order valence-corrected chi connectivity index (χ4v) is 2.49. The minimum atomic E-state index is -0.245. The van der Waals surface area contributed by atoms with Crippen LogP contribution < -0.4 is 16.2 Å². The number of carbonyl (C=O) groups is 1. The van der Waals surface area contributed by atoms with Crippen molar-refractivity contribution >= 4 is 51.5 Å². The number of carbonyl (C=O) groups excluding carboxylic acids is 1. The molecule has 2 heterocycles. The Balaban J connectivity index is 1.63. The van der Waals surface area contributed by atoms with Crippen molar-refractivity contribution in [2.75, 3.05) is 0 Å². The van der Waals surface area contributed by atoms with Gasteiger partial charge in [-0.05, 0) is 59.8 Å². The first-order valence-electron chi connectivity index (χ1n) is 6.13. The summed E-state index contributed by atoms with van der Waals surface area (Å²) < 4.78 is 2.90. The molecular weight excluding hydrogens is 389 g/mol. The minimum Gasteiger partial charge on any atom is -0.359 e. The molecular formula is C12H12IN5OS. The molecule has 1 fully saturated rings. The summed E-state index contributed by atoms with van der Waals surface area (Å²) in [5, 5.41) is 3.52. The fraction of sp³-hybridized carbons (Fsp3) is 0.250. The lowest BCUT2D eigenvalue weighted by Gasteiger charge is -2.10. The van der Waals surface area contributed by atoms with Crippen molar-refractivity contribution in [2.24, 2.45) is 0 Å². The molecule has 0 aliphatic heterocycles. The molecule has 0 radical (unpaired) electrons. The highest BCUT2D eigenvalue weighted by molar-refractivity contribution is 14.1. The lowest BCUT2D eigenvalue weighted by Crippen LogP contribution is -2.47. The molecule has 104 valence electrons. The number of hydrogen-bond donors (Lipinski definition) is 3. The van der Waals surface area contributed by atoms with Crippen molar-refractivity contribution in [2.45, 2.75) is 18.9 Å². The van der Waals surface area contributed by atoms with E-state index in [1.807, 2.05) is 10.6 Å². The van der Waals surface area contributed by atoms with Crippen molar-refractivity contribution in [3.05, 3.63) is 33.8 Å². The fourth-order valence-electron chi connectivity index (χ4n) is 1.73. The lowest BCUT2D eigenvalue weighted by molar-refractivity contribution is 0.0943. The lowest BCUT2D eigenvalue weighted by atomic mass is 10.2. The molecule has 2 aromatic rings. The smallest absolute Gasteiger partial charge is 0.269 e. The molecule has 0 bridgehead atoms. The molecule has 1 amide bonds. The van der Waals surface area contributed by atoms with Crippen molar-refractivity contribution in [1.82, 2.24) is 25.6 Å². The van der Waals surface area contributed by atoms with E-state index in [1.165, 1.54) is 0 Å². The molecule has 0 aromatic carbocycles. The van der Waals surface area contributed by atoms with E-state index >= 15 is 0 Å². The first-order valence-corrected chi connectivity index (χ1v) is 7.61. The quantitative estimate of drug-likeness (QED) is 0.401. The van der Waals surface area contributed by atoms with E-state index in [1.54, 1.807) is 18.3 Å². The number of hydrogen-bond acceptors (Lipinski definition) is 3. The van der Waals surface area contributed by atoms with Gasteiger partial charge in [0.1, 0.15) is 9.35 Å². The Hall–Kier alpha value is -1.42. The number of rotatable bonds is 2. The van der Waals surface area contributed by atoms with Crippen LogP contribution in [0.1, 0.15) is 23.2 Å². The number of nitrogens with one attached hydrogen (secondary N) is 3. The van der Waals surface area contributed by atoms with Crippen LogP contribution in [0.5, 0.6) is 0 Å². The summed E-state index contributed by atoms with van der Waals surface area (Å²) in [5.74, 6) is -0.245. The molecule has 2 aromatic heterocycles. The standard InChI is InChI=1S/C12H12IN5OS/c13-9-6-14-10-5-7(3-4-18(9)10)11(19)16-17-12(20)15-8-1-2-8/h3-6,8H,1-2H2,(H,16,19)(H2,15,17,20). The van der Waals surface area contributed by atoms with E-state index in [9.17, 15) is 4.79 Å². The number of amides is 1. The minimum absolute atomic E-state index is 0.245. The van der Waals surface area contributed by atoms with Gasteiger partial charge in [0.15, 0.2) is 5.11 Å². The average molecular weight is 401 g/mol. The van der Waals surface area contributed by atoms with Gasteiger partial charge >= 0.3 is 0 Å². The van der Waals surface area contributed by atoms with Gasteiger partial charge in [-0.15, -0.1) is 0 Å². The second-order valence-electron chi connectivity index (χ2n) is 4.55. The Morgan fingerprint density at radius 3 is 3.00 bits per heavy atom. The number of nitrogens with zero attached hydrogens (tertiary/aromatic N) is 2. The molecule has 0 saturated heterocycles.